The summed E-state index contributed by atoms with van der Waals surface area (Å²) < 4.78 is 27.2. The van der Waals surface area contributed by atoms with Crippen molar-refractivity contribution in [2.45, 2.75) is 50.5 Å². The second-order valence-electron chi connectivity index (χ2n) is 7.44. The molecule has 0 aliphatic rings. The van der Waals surface area contributed by atoms with E-state index in [-0.39, 0.29) is 16.7 Å². The van der Waals surface area contributed by atoms with Gasteiger partial charge in [0.25, 0.3) is 0 Å². The third-order valence-corrected chi connectivity index (χ3v) is 5.52. The number of rotatable bonds is 6. The van der Waals surface area contributed by atoms with Gasteiger partial charge in [-0.2, -0.15) is 0 Å². The predicted octanol–water partition coefficient (Wildman–Crippen LogP) is 3.90. The average Bonchev–Trinajstić information content (AvgIpc) is 2.54. The lowest BCUT2D eigenvalue weighted by atomic mass is 9.97. The van der Waals surface area contributed by atoms with Gasteiger partial charge in [0.2, 0.25) is 15.9 Å². The fourth-order valence-electron chi connectivity index (χ4n) is 2.57. The van der Waals surface area contributed by atoms with Gasteiger partial charge in [0.15, 0.2) is 0 Å². The molecule has 2 rings (SSSR count). The molecule has 5 nitrogen and oxygen atoms in total. The number of amides is 1. The van der Waals surface area contributed by atoms with Gasteiger partial charge >= 0.3 is 0 Å². The lowest BCUT2D eigenvalue weighted by Gasteiger charge is -2.20. The molecule has 2 aromatic carbocycles. The van der Waals surface area contributed by atoms with Gasteiger partial charge in [0.1, 0.15) is 0 Å². The smallest absolute Gasteiger partial charge is 0.241 e. The van der Waals surface area contributed by atoms with Crippen LogP contribution < -0.4 is 10.0 Å². The Morgan fingerprint density at radius 3 is 2.12 bits per heavy atom. The van der Waals surface area contributed by atoms with Crippen LogP contribution in [0.5, 0.6) is 0 Å². The van der Waals surface area contributed by atoms with E-state index >= 15 is 0 Å². The number of nitrogens with one attached hydrogen (secondary N) is 2. The SMILES string of the molecule is CC(CC(=O)Nc1ccc(S(=O)(=O)NC(C)(C)C)cc1)c1ccccc1. The molecule has 2 N–H and O–H groups in total. The molecule has 0 aromatic heterocycles. The Hall–Kier alpha value is -2.18. The Kier molecular flexibility index (Phi) is 6.21. The summed E-state index contributed by atoms with van der Waals surface area (Å²) in [7, 11) is -3.58. The Balaban J connectivity index is 1.99. The molecule has 0 bridgehead atoms. The highest BCUT2D eigenvalue weighted by atomic mass is 32.2. The van der Waals surface area contributed by atoms with Crippen LogP contribution in [0.15, 0.2) is 59.5 Å². The van der Waals surface area contributed by atoms with Crippen LogP contribution in [0.25, 0.3) is 0 Å². The van der Waals surface area contributed by atoms with E-state index in [1.54, 1.807) is 32.9 Å². The molecule has 0 spiro atoms. The zero-order valence-corrected chi connectivity index (χ0v) is 16.4. The monoisotopic (exact) mass is 374 g/mol. The van der Waals surface area contributed by atoms with Crippen molar-refractivity contribution in [1.29, 1.82) is 0 Å². The van der Waals surface area contributed by atoms with E-state index in [9.17, 15) is 13.2 Å². The topological polar surface area (TPSA) is 75.3 Å². The van der Waals surface area contributed by atoms with Gasteiger partial charge in [-0.1, -0.05) is 37.3 Å². The first kappa shape index (κ1) is 20.1. The summed E-state index contributed by atoms with van der Waals surface area (Å²) in [6.45, 7) is 7.36. The predicted molar refractivity (Wildman–Crippen MR) is 105 cm³/mol. The number of sulfonamides is 1. The number of benzene rings is 2. The van der Waals surface area contributed by atoms with Crippen molar-refractivity contribution in [1.82, 2.24) is 4.72 Å². The van der Waals surface area contributed by atoms with Gasteiger partial charge in [-0.25, -0.2) is 13.1 Å². The van der Waals surface area contributed by atoms with Crippen LogP contribution in [0.3, 0.4) is 0 Å². The maximum atomic E-state index is 12.3. The maximum Gasteiger partial charge on any atom is 0.241 e. The molecular weight excluding hydrogens is 348 g/mol. The van der Waals surface area contributed by atoms with E-state index in [1.165, 1.54) is 12.1 Å². The number of anilines is 1. The number of carbonyl (C=O) groups is 1. The van der Waals surface area contributed by atoms with Crippen molar-refractivity contribution >= 4 is 21.6 Å². The molecule has 0 aliphatic heterocycles. The zero-order valence-electron chi connectivity index (χ0n) is 15.6. The van der Waals surface area contributed by atoms with Crippen molar-refractivity contribution in [3.05, 3.63) is 60.2 Å². The van der Waals surface area contributed by atoms with Crippen LogP contribution in [0, 0.1) is 0 Å². The molecule has 0 fully saturated rings. The molecule has 140 valence electrons. The molecule has 6 heteroatoms. The standard InChI is InChI=1S/C20H26N2O3S/c1-15(16-8-6-5-7-9-16)14-19(23)21-17-10-12-18(13-11-17)26(24,25)22-20(2,3)4/h5-13,15,22H,14H2,1-4H3,(H,21,23). The van der Waals surface area contributed by atoms with Crippen molar-refractivity contribution in [3.8, 4) is 0 Å². The summed E-state index contributed by atoms with van der Waals surface area (Å²) in [6.07, 6.45) is 0.357. The van der Waals surface area contributed by atoms with Crippen molar-refractivity contribution in [3.63, 3.8) is 0 Å². The molecule has 1 unspecified atom stereocenters. The van der Waals surface area contributed by atoms with E-state index in [0.29, 0.717) is 12.1 Å². The van der Waals surface area contributed by atoms with Crippen LogP contribution in [0.4, 0.5) is 5.69 Å². The van der Waals surface area contributed by atoms with Crippen LogP contribution >= 0.6 is 0 Å². The second-order valence-corrected chi connectivity index (χ2v) is 9.13. The first-order chi connectivity index (χ1) is 12.1. The van der Waals surface area contributed by atoms with Gasteiger partial charge in [0.05, 0.1) is 4.90 Å². The average molecular weight is 375 g/mol. The highest BCUT2D eigenvalue weighted by molar-refractivity contribution is 7.89. The fourth-order valence-corrected chi connectivity index (χ4v) is 3.99. The van der Waals surface area contributed by atoms with Gasteiger partial charge in [-0.3, -0.25) is 4.79 Å². The van der Waals surface area contributed by atoms with Crippen molar-refractivity contribution < 1.29 is 13.2 Å². The first-order valence-electron chi connectivity index (χ1n) is 8.56. The summed E-state index contributed by atoms with van der Waals surface area (Å²) in [6, 6.07) is 16.0. The molecule has 26 heavy (non-hydrogen) atoms. The number of hydrogen-bond acceptors (Lipinski definition) is 3. The van der Waals surface area contributed by atoms with Crippen molar-refractivity contribution in [2.24, 2.45) is 0 Å². The van der Waals surface area contributed by atoms with Gasteiger partial charge in [-0.05, 0) is 56.5 Å². The quantitative estimate of drug-likeness (QED) is 0.805. The molecule has 0 heterocycles. The van der Waals surface area contributed by atoms with Crippen LogP contribution in [-0.2, 0) is 14.8 Å². The Labute approximate surface area is 155 Å². The van der Waals surface area contributed by atoms with E-state index < -0.39 is 15.6 Å². The van der Waals surface area contributed by atoms with E-state index in [4.69, 9.17) is 0 Å². The second kappa shape index (κ2) is 8.01. The molecule has 0 aliphatic carbocycles. The largest absolute Gasteiger partial charge is 0.326 e. The molecule has 1 amide bonds. The van der Waals surface area contributed by atoms with E-state index in [0.717, 1.165) is 5.56 Å². The highest BCUT2D eigenvalue weighted by Crippen LogP contribution is 2.20. The van der Waals surface area contributed by atoms with Gasteiger partial charge in [-0.15, -0.1) is 0 Å². The van der Waals surface area contributed by atoms with E-state index in [1.807, 2.05) is 37.3 Å². The van der Waals surface area contributed by atoms with E-state index in [2.05, 4.69) is 10.0 Å². The Morgan fingerprint density at radius 1 is 1.00 bits per heavy atom. The number of hydrogen-bond donors (Lipinski definition) is 2. The molecule has 0 radical (unpaired) electrons. The summed E-state index contributed by atoms with van der Waals surface area (Å²) in [4.78, 5) is 12.4. The van der Waals surface area contributed by atoms with Crippen LogP contribution in [-0.4, -0.2) is 19.9 Å². The zero-order chi connectivity index (χ0) is 19.4. The molecule has 0 saturated heterocycles. The highest BCUT2D eigenvalue weighted by Gasteiger charge is 2.21. The lowest BCUT2D eigenvalue weighted by molar-refractivity contribution is -0.116. The minimum Gasteiger partial charge on any atom is -0.326 e. The molecule has 2 aromatic rings. The van der Waals surface area contributed by atoms with Gasteiger partial charge < -0.3 is 5.32 Å². The molecule has 1 atom stereocenters. The molecular formula is C20H26N2O3S. The lowest BCUT2D eigenvalue weighted by Crippen LogP contribution is -2.40. The van der Waals surface area contributed by atoms with Crippen LogP contribution in [0.2, 0.25) is 0 Å². The normalized spacial score (nSPS) is 13.2. The summed E-state index contributed by atoms with van der Waals surface area (Å²) in [5.41, 5.74) is 1.13. The summed E-state index contributed by atoms with van der Waals surface area (Å²) >= 11 is 0. The Bertz CT molecular complexity index is 839. The third kappa shape index (κ3) is 5.97. The minimum atomic E-state index is -3.58. The third-order valence-electron chi connectivity index (χ3n) is 3.75. The van der Waals surface area contributed by atoms with Gasteiger partial charge in [0, 0.05) is 17.6 Å². The van der Waals surface area contributed by atoms with Crippen LogP contribution in [0.1, 0.15) is 45.6 Å². The fraction of sp³-hybridized carbons (Fsp3) is 0.350. The van der Waals surface area contributed by atoms with Crippen molar-refractivity contribution in [2.75, 3.05) is 5.32 Å². The Morgan fingerprint density at radius 2 is 1.58 bits per heavy atom. The minimum absolute atomic E-state index is 0.104. The summed E-state index contributed by atoms with van der Waals surface area (Å²) in [5.74, 6) is -0.00314. The summed E-state index contributed by atoms with van der Waals surface area (Å²) in [5, 5.41) is 2.82. The first-order valence-corrected chi connectivity index (χ1v) is 10.0. The number of carbonyl (C=O) groups excluding carboxylic acids is 1. The maximum absolute atomic E-state index is 12.3. The molecule has 0 saturated carbocycles.